The lowest BCUT2D eigenvalue weighted by Crippen LogP contribution is -2.39. The Hall–Kier alpha value is -2.53. The molecule has 0 saturated heterocycles. The van der Waals surface area contributed by atoms with Gasteiger partial charge in [0.15, 0.2) is 6.61 Å². The highest BCUT2D eigenvalue weighted by Gasteiger charge is 2.26. The summed E-state index contributed by atoms with van der Waals surface area (Å²) in [5, 5.41) is 4.03. The van der Waals surface area contributed by atoms with Gasteiger partial charge in [0.05, 0.1) is 5.56 Å². The largest absolute Gasteiger partial charge is 0.452 e. The number of amides is 3. The molecule has 1 aromatic rings. The summed E-state index contributed by atoms with van der Waals surface area (Å²) in [7, 11) is -2.82. The number of carbonyl (C=O) groups is 3. The third kappa shape index (κ3) is 5.23. The second-order valence-corrected chi connectivity index (χ2v) is 6.84. The van der Waals surface area contributed by atoms with Crippen molar-refractivity contribution in [2.75, 3.05) is 26.7 Å². The average Bonchev–Trinajstić information content (AvgIpc) is 2.60. The van der Waals surface area contributed by atoms with Gasteiger partial charge in [-0.3, -0.25) is 10.1 Å². The maximum absolute atomic E-state index is 14.0. The van der Waals surface area contributed by atoms with Crippen molar-refractivity contribution in [3.63, 3.8) is 0 Å². The summed E-state index contributed by atoms with van der Waals surface area (Å²) in [4.78, 5) is 33.6. The number of nitrogens with zero attached hydrogens (tertiary/aromatic N) is 1. The van der Waals surface area contributed by atoms with Gasteiger partial charge in [0.2, 0.25) is 10.0 Å². The molecule has 0 aliphatic heterocycles. The molecular formula is C15H20FN3O6S. The van der Waals surface area contributed by atoms with Crippen molar-refractivity contribution in [2.24, 2.45) is 0 Å². The zero-order chi connectivity index (χ0) is 19.9. The van der Waals surface area contributed by atoms with Gasteiger partial charge in [-0.15, -0.1) is 0 Å². The fourth-order valence-corrected chi connectivity index (χ4v) is 3.52. The molecule has 0 aliphatic carbocycles. The number of esters is 1. The van der Waals surface area contributed by atoms with Gasteiger partial charge in [0, 0.05) is 20.1 Å². The smallest absolute Gasteiger partial charge is 0.338 e. The molecule has 1 rings (SSSR count). The Kier molecular flexibility index (Phi) is 7.65. The van der Waals surface area contributed by atoms with Crippen LogP contribution in [0.3, 0.4) is 0 Å². The number of carbonyl (C=O) groups excluding carboxylic acids is 3. The molecule has 0 heterocycles. The Labute approximate surface area is 150 Å². The van der Waals surface area contributed by atoms with Crippen LogP contribution in [0.4, 0.5) is 9.18 Å². The molecule has 0 saturated carbocycles. The molecule has 0 radical (unpaired) electrons. The molecule has 26 heavy (non-hydrogen) atoms. The molecule has 0 bridgehead atoms. The van der Waals surface area contributed by atoms with Gasteiger partial charge < -0.3 is 10.1 Å². The minimum atomic E-state index is -4.12. The van der Waals surface area contributed by atoms with Gasteiger partial charge in [-0.1, -0.05) is 13.8 Å². The van der Waals surface area contributed by atoms with Gasteiger partial charge in [-0.05, 0) is 18.2 Å². The monoisotopic (exact) mass is 389 g/mol. The summed E-state index contributed by atoms with van der Waals surface area (Å²) in [5.74, 6) is -2.92. The summed E-state index contributed by atoms with van der Waals surface area (Å²) >= 11 is 0. The third-order valence-electron chi connectivity index (χ3n) is 3.30. The van der Waals surface area contributed by atoms with Crippen molar-refractivity contribution in [1.29, 1.82) is 0 Å². The van der Waals surface area contributed by atoms with Gasteiger partial charge in [0.25, 0.3) is 5.91 Å². The number of urea groups is 1. The molecule has 0 atom stereocenters. The molecule has 2 N–H and O–H groups in total. The quantitative estimate of drug-likeness (QED) is 0.654. The van der Waals surface area contributed by atoms with E-state index in [2.05, 4.69) is 5.32 Å². The number of benzene rings is 1. The zero-order valence-corrected chi connectivity index (χ0v) is 15.4. The Bertz CT molecular complexity index is 793. The molecule has 144 valence electrons. The molecule has 11 heteroatoms. The highest BCUT2D eigenvalue weighted by molar-refractivity contribution is 7.89. The van der Waals surface area contributed by atoms with Crippen LogP contribution in [-0.2, 0) is 19.6 Å². The van der Waals surface area contributed by atoms with Crippen molar-refractivity contribution in [3.05, 3.63) is 29.6 Å². The van der Waals surface area contributed by atoms with Crippen LogP contribution in [-0.4, -0.2) is 57.4 Å². The normalized spacial score (nSPS) is 11.1. The number of nitrogens with one attached hydrogen (secondary N) is 2. The first-order chi connectivity index (χ1) is 12.2. The second-order valence-electron chi connectivity index (χ2n) is 4.94. The number of rotatable bonds is 7. The SMILES string of the molecule is CCN(CC)S(=O)(=O)c1cc(C(=O)OCC(=O)NC(=O)NC)ccc1F. The van der Waals surface area contributed by atoms with Crippen molar-refractivity contribution < 1.29 is 31.9 Å². The lowest BCUT2D eigenvalue weighted by atomic mass is 10.2. The van der Waals surface area contributed by atoms with E-state index in [1.54, 1.807) is 13.8 Å². The lowest BCUT2D eigenvalue weighted by molar-refractivity contribution is -0.123. The Morgan fingerprint density at radius 1 is 1.19 bits per heavy atom. The van der Waals surface area contributed by atoms with E-state index in [1.165, 1.54) is 7.05 Å². The molecule has 0 aliphatic rings. The average molecular weight is 389 g/mol. The predicted molar refractivity (Wildman–Crippen MR) is 89.4 cm³/mol. The number of hydrogen-bond donors (Lipinski definition) is 2. The molecule has 0 unspecified atom stereocenters. The molecule has 3 amide bonds. The van der Waals surface area contributed by atoms with Crippen LogP contribution >= 0.6 is 0 Å². The molecule has 0 aromatic heterocycles. The molecular weight excluding hydrogens is 369 g/mol. The van der Waals surface area contributed by atoms with Gasteiger partial charge >= 0.3 is 12.0 Å². The number of imide groups is 1. The van der Waals surface area contributed by atoms with Gasteiger partial charge in [-0.2, -0.15) is 4.31 Å². The first kappa shape index (κ1) is 21.5. The summed E-state index contributed by atoms with van der Waals surface area (Å²) in [6, 6.07) is 1.94. The van der Waals surface area contributed by atoms with Crippen LogP contribution in [0, 0.1) is 5.82 Å². The Morgan fingerprint density at radius 3 is 2.35 bits per heavy atom. The van der Waals surface area contributed by atoms with Crippen LogP contribution < -0.4 is 10.6 Å². The van der Waals surface area contributed by atoms with E-state index in [9.17, 15) is 27.2 Å². The molecule has 0 fully saturated rings. The standard InChI is InChI=1S/C15H20FN3O6S/c1-4-19(5-2)26(23,24)12-8-10(6-7-11(12)16)14(21)25-9-13(20)18-15(22)17-3/h6-8H,4-5,9H2,1-3H3,(H2,17,18,20,22). The number of ether oxygens (including phenoxy) is 1. The summed E-state index contributed by atoms with van der Waals surface area (Å²) < 4.78 is 44.6. The first-order valence-electron chi connectivity index (χ1n) is 7.65. The minimum Gasteiger partial charge on any atom is -0.452 e. The fourth-order valence-electron chi connectivity index (χ4n) is 1.97. The first-order valence-corrected chi connectivity index (χ1v) is 9.09. The van der Waals surface area contributed by atoms with Gasteiger partial charge in [0.1, 0.15) is 10.7 Å². The Balaban J connectivity index is 2.97. The zero-order valence-electron chi connectivity index (χ0n) is 14.5. The van der Waals surface area contributed by atoms with E-state index >= 15 is 0 Å². The maximum Gasteiger partial charge on any atom is 0.338 e. The van der Waals surface area contributed by atoms with Crippen molar-refractivity contribution in [1.82, 2.24) is 14.9 Å². The number of sulfonamides is 1. The molecule has 0 spiro atoms. The highest BCUT2D eigenvalue weighted by atomic mass is 32.2. The van der Waals surface area contributed by atoms with E-state index in [1.807, 2.05) is 5.32 Å². The molecule has 1 aromatic carbocycles. The van der Waals surface area contributed by atoms with Crippen LogP contribution in [0.15, 0.2) is 23.1 Å². The number of hydrogen-bond acceptors (Lipinski definition) is 6. The predicted octanol–water partition coefficient (Wildman–Crippen LogP) is 0.469. The topological polar surface area (TPSA) is 122 Å². The Morgan fingerprint density at radius 2 is 1.81 bits per heavy atom. The fraction of sp³-hybridized carbons (Fsp3) is 0.400. The van der Waals surface area contributed by atoms with Crippen LogP contribution in [0.5, 0.6) is 0 Å². The number of halogens is 1. The summed E-state index contributed by atoms with van der Waals surface area (Å²) in [6.07, 6.45) is 0. The highest BCUT2D eigenvalue weighted by Crippen LogP contribution is 2.21. The van der Waals surface area contributed by atoms with Crippen molar-refractivity contribution in [2.45, 2.75) is 18.7 Å². The van der Waals surface area contributed by atoms with E-state index in [0.29, 0.717) is 0 Å². The minimum absolute atomic E-state index is 0.132. The van der Waals surface area contributed by atoms with Gasteiger partial charge in [-0.25, -0.2) is 22.4 Å². The van der Waals surface area contributed by atoms with Crippen molar-refractivity contribution in [3.8, 4) is 0 Å². The second kappa shape index (κ2) is 9.25. The van der Waals surface area contributed by atoms with E-state index < -0.39 is 45.3 Å². The third-order valence-corrected chi connectivity index (χ3v) is 5.37. The molecule has 9 nitrogen and oxygen atoms in total. The van der Waals surface area contributed by atoms with Crippen molar-refractivity contribution >= 4 is 27.9 Å². The van der Waals surface area contributed by atoms with Crippen LogP contribution in [0.25, 0.3) is 0 Å². The van der Waals surface area contributed by atoms with Crippen LogP contribution in [0.1, 0.15) is 24.2 Å². The lowest BCUT2D eigenvalue weighted by Gasteiger charge is -2.19. The van der Waals surface area contributed by atoms with E-state index in [-0.39, 0.29) is 18.7 Å². The maximum atomic E-state index is 14.0. The summed E-state index contributed by atoms with van der Waals surface area (Å²) in [5.41, 5.74) is -0.245. The summed E-state index contributed by atoms with van der Waals surface area (Å²) in [6.45, 7) is 2.70. The van der Waals surface area contributed by atoms with Crippen LogP contribution in [0.2, 0.25) is 0 Å². The van der Waals surface area contributed by atoms with E-state index in [4.69, 9.17) is 4.74 Å². The van der Waals surface area contributed by atoms with E-state index in [0.717, 1.165) is 22.5 Å².